The number of hydrogen-bond acceptors (Lipinski definition) is 5. The number of ether oxygens (including phenoxy) is 1. The Labute approximate surface area is 199 Å². The van der Waals surface area contributed by atoms with Gasteiger partial charge in [-0.3, -0.25) is 4.68 Å². The summed E-state index contributed by atoms with van der Waals surface area (Å²) in [5.41, 5.74) is 5.36. The minimum Gasteiger partial charge on any atom is -0.478 e. The van der Waals surface area contributed by atoms with E-state index in [-0.39, 0.29) is 6.04 Å². The van der Waals surface area contributed by atoms with Crippen LogP contribution in [0.3, 0.4) is 0 Å². The van der Waals surface area contributed by atoms with Gasteiger partial charge in [-0.15, -0.1) is 0 Å². The highest BCUT2D eigenvalue weighted by Gasteiger charge is 2.30. The van der Waals surface area contributed by atoms with Crippen LogP contribution < -0.4 is 4.74 Å². The topological polar surface area (TPSA) is 90.4 Å². The molecule has 0 unspecified atom stereocenters. The molecule has 0 radical (unpaired) electrons. The first kappa shape index (κ1) is 23.5. The lowest BCUT2D eigenvalue weighted by Gasteiger charge is -2.22. The molecule has 0 spiro atoms. The molecule has 1 N–H and O–H groups in total. The number of aryl methyl sites for hydroxylation is 4. The number of fused-ring (bicyclic) bond motifs is 1. The number of carboxylic acid groups (broad SMARTS) is 1. The van der Waals surface area contributed by atoms with Crippen LogP contribution in [0.25, 0.3) is 22.2 Å². The van der Waals surface area contributed by atoms with E-state index in [4.69, 9.17) is 14.4 Å². The molecule has 0 aliphatic heterocycles. The average Bonchev–Trinajstić information content (AvgIpc) is 3.37. The Morgan fingerprint density at radius 2 is 1.82 bits per heavy atom. The summed E-state index contributed by atoms with van der Waals surface area (Å²) in [5, 5.41) is 19.4. The van der Waals surface area contributed by atoms with Crippen LogP contribution in [0.15, 0.2) is 47.0 Å². The van der Waals surface area contributed by atoms with Gasteiger partial charge < -0.3 is 14.4 Å². The van der Waals surface area contributed by atoms with E-state index in [1.807, 2.05) is 13.0 Å². The van der Waals surface area contributed by atoms with E-state index < -0.39 is 11.6 Å². The predicted octanol–water partition coefficient (Wildman–Crippen LogP) is 5.92. The second-order valence-corrected chi connectivity index (χ2v) is 9.59. The van der Waals surface area contributed by atoms with Gasteiger partial charge in [-0.05, 0) is 72.1 Å². The number of aromatic nitrogens is 3. The van der Waals surface area contributed by atoms with Gasteiger partial charge in [0, 0.05) is 28.8 Å². The molecule has 34 heavy (non-hydrogen) atoms. The minimum atomic E-state index is -1.34. The van der Waals surface area contributed by atoms with E-state index >= 15 is 0 Å². The lowest BCUT2D eigenvalue weighted by molar-refractivity contribution is -0.152. The predicted molar refractivity (Wildman–Crippen MR) is 131 cm³/mol. The van der Waals surface area contributed by atoms with E-state index in [2.05, 4.69) is 60.9 Å². The van der Waals surface area contributed by atoms with Crippen LogP contribution in [0.1, 0.15) is 56.3 Å². The summed E-state index contributed by atoms with van der Waals surface area (Å²) in [7, 11) is 0. The Kier molecular flexibility index (Phi) is 6.21. The van der Waals surface area contributed by atoms with Crippen LogP contribution in [0, 0.1) is 13.8 Å². The van der Waals surface area contributed by atoms with Crippen LogP contribution in [-0.2, 0) is 17.6 Å². The Balaban J connectivity index is 1.58. The third kappa shape index (κ3) is 4.69. The quantitative estimate of drug-likeness (QED) is 0.350. The Morgan fingerprint density at radius 3 is 2.47 bits per heavy atom. The normalized spacial score (nSPS) is 12.0. The molecule has 0 aliphatic carbocycles. The zero-order valence-electron chi connectivity index (χ0n) is 20.5. The van der Waals surface area contributed by atoms with Crippen LogP contribution in [0.5, 0.6) is 5.75 Å². The van der Waals surface area contributed by atoms with Crippen molar-refractivity contribution in [2.24, 2.45) is 0 Å². The monoisotopic (exact) mass is 461 g/mol. The van der Waals surface area contributed by atoms with Gasteiger partial charge in [0.2, 0.25) is 0 Å². The molecule has 0 saturated carbocycles. The Bertz CT molecular complexity index is 1330. The molecule has 0 saturated heterocycles. The third-order valence-electron chi connectivity index (χ3n) is 5.99. The SMILES string of the molecule is Cc1ccc(-c2cc(CCc3noc4cc(OC(C)(C)C(=O)O)c(C)cc34)n(C(C)C)n2)cc1. The van der Waals surface area contributed by atoms with E-state index in [1.54, 1.807) is 6.07 Å². The van der Waals surface area contributed by atoms with Crippen molar-refractivity contribution in [1.29, 1.82) is 0 Å². The first-order valence-corrected chi connectivity index (χ1v) is 11.5. The smallest absolute Gasteiger partial charge is 0.347 e. The van der Waals surface area contributed by atoms with Crippen LogP contribution in [0.4, 0.5) is 0 Å². The fraction of sp³-hybridized carbons (Fsp3) is 0.370. The number of carbonyl (C=O) groups is 1. The number of nitrogens with zero attached hydrogens (tertiary/aromatic N) is 3. The standard InChI is InChI=1S/C27H31N3O4/c1-16(2)30-20(14-23(28-30)19-9-7-17(3)8-10-19)11-12-22-21-13-18(4)24(15-25(21)34-29-22)33-27(5,6)26(31)32/h7-10,13-16H,11-12H2,1-6H3,(H,31,32). The van der Waals surface area contributed by atoms with E-state index in [0.717, 1.165) is 40.0 Å². The number of hydrogen-bond donors (Lipinski definition) is 1. The Morgan fingerprint density at radius 1 is 1.12 bits per heavy atom. The van der Waals surface area contributed by atoms with Crippen molar-refractivity contribution in [3.8, 4) is 17.0 Å². The van der Waals surface area contributed by atoms with Crippen molar-refractivity contribution in [1.82, 2.24) is 14.9 Å². The van der Waals surface area contributed by atoms with Gasteiger partial charge in [0.25, 0.3) is 0 Å². The van der Waals surface area contributed by atoms with Gasteiger partial charge in [-0.1, -0.05) is 35.0 Å². The maximum absolute atomic E-state index is 11.4. The molecule has 0 aliphatic rings. The van der Waals surface area contributed by atoms with Crippen molar-refractivity contribution >= 4 is 16.9 Å². The largest absolute Gasteiger partial charge is 0.478 e. The molecular formula is C27H31N3O4. The zero-order chi connectivity index (χ0) is 24.6. The summed E-state index contributed by atoms with van der Waals surface area (Å²) in [5.74, 6) is -0.555. The first-order chi connectivity index (χ1) is 16.0. The second kappa shape index (κ2) is 8.97. The average molecular weight is 462 g/mol. The second-order valence-electron chi connectivity index (χ2n) is 9.59. The fourth-order valence-corrected chi connectivity index (χ4v) is 3.91. The van der Waals surface area contributed by atoms with Gasteiger partial charge in [0.05, 0.1) is 11.4 Å². The van der Waals surface area contributed by atoms with Crippen LogP contribution in [0.2, 0.25) is 0 Å². The molecule has 0 amide bonds. The molecule has 0 atom stereocenters. The highest BCUT2D eigenvalue weighted by molar-refractivity contribution is 5.83. The molecule has 7 heteroatoms. The van der Waals surface area contributed by atoms with Crippen molar-refractivity contribution in [3.05, 3.63) is 65.0 Å². The summed E-state index contributed by atoms with van der Waals surface area (Å²) in [6, 6.07) is 14.5. The maximum atomic E-state index is 11.4. The number of aliphatic carboxylic acids is 1. The van der Waals surface area contributed by atoms with Crippen molar-refractivity contribution in [2.45, 2.75) is 66.0 Å². The zero-order valence-corrected chi connectivity index (χ0v) is 20.5. The fourth-order valence-electron chi connectivity index (χ4n) is 3.91. The molecule has 7 nitrogen and oxygen atoms in total. The van der Waals surface area contributed by atoms with Gasteiger partial charge in [-0.2, -0.15) is 5.10 Å². The lowest BCUT2D eigenvalue weighted by atomic mass is 10.1. The van der Waals surface area contributed by atoms with Crippen molar-refractivity contribution < 1.29 is 19.2 Å². The lowest BCUT2D eigenvalue weighted by Crippen LogP contribution is -2.38. The van der Waals surface area contributed by atoms with Gasteiger partial charge in [0.15, 0.2) is 11.2 Å². The molecule has 2 aromatic carbocycles. The number of benzene rings is 2. The summed E-state index contributed by atoms with van der Waals surface area (Å²) in [4.78, 5) is 11.4. The highest BCUT2D eigenvalue weighted by atomic mass is 16.5. The maximum Gasteiger partial charge on any atom is 0.347 e. The molecule has 4 aromatic rings. The van der Waals surface area contributed by atoms with E-state index in [0.29, 0.717) is 17.8 Å². The van der Waals surface area contributed by atoms with Crippen LogP contribution >= 0.6 is 0 Å². The summed E-state index contributed by atoms with van der Waals surface area (Å²) < 4.78 is 13.4. The van der Waals surface area contributed by atoms with Gasteiger partial charge in [-0.25, -0.2) is 4.79 Å². The molecule has 178 valence electrons. The third-order valence-corrected chi connectivity index (χ3v) is 5.99. The highest BCUT2D eigenvalue weighted by Crippen LogP contribution is 2.31. The molecule has 0 fully saturated rings. The molecule has 2 aromatic heterocycles. The van der Waals surface area contributed by atoms with Crippen molar-refractivity contribution in [3.63, 3.8) is 0 Å². The van der Waals surface area contributed by atoms with Gasteiger partial charge in [0.1, 0.15) is 5.75 Å². The summed E-state index contributed by atoms with van der Waals surface area (Å²) in [6.07, 6.45) is 1.46. The minimum absolute atomic E-state index is 0.239. The molecule has 2 heterocycles. The molecule has 4 rings (SSSR count). The summed E-state index contributed by atoms with van der Waals surface area (Å²) in [6.45, 7) is 11.3. The number of rotatable bonds is 8. The van der Waals surface area contributed by atoms with E-state index in [1.165, 1.54) is 19.4 Å². The first-order valence-electron chi connectivity index (χ1n) is 11.5. The summed E-state index contributed by atoms with van der Waals surface area (Å²) >= 11 is 0. The van der Waals surface area contributed by atoms with Crippen LogP contribution in [-0.4, -0.2) is 31.6 Å². The Hall–Kier alpha value is -3.61. The van der Waals surface area contributed by atoms with Crippen molar-refractivity contribution in [2.75, 3.05) is 0 Å². The molecular weight excluding hydrogens is 430 g/mol. The van der Waals surface area contributed by atoms with E-state index in [9.17, 15) is 9.90 Å². The molecule has 0 bridgehead atoms. The number of carboxylic acids is 1. The van der Waals surface area contributed by atoms with Gasteiger partial charge >= 0.3 is 5.97 Å².